The van der Waals surface area contributed by atoms with Crippen LogP contribution < -0.4 is 10.6 Å². The molecular weight excluding hydrogens is 372 g/mol. The van der Waals surface area contributed by atoms with Gasteiger partial charge in [-0.2, -0.15) is 13.2 Å². The van der Waals surface area contributed by atoms with Gasteiger partial charge in [-0.25, -0.2) is 4.39 Å². The van der Waals surface area contributed by atoms with Gasteiger partial charge in [0.2, 0.25) is 5.91 Å². The first-order chi connectivity index (χ1) is 12.3. The van der Waals surface area contributed by atoms with Gasteiger partial charge in [0.15, 0.2) is 0 Å². The Hall–Kier alpha value is -2.12. The van der Waals surface area contributed by atoms with E-state index in [0.29, 0.717) is 19.5 Å². The molecule has 0 aliphatic heterocycles. The van der Waals surface area contributed by atoms with E-state index in [9.17, 15) is 22.4 Å². The van der Waals surface area contributed by atoms with Crippen molar-refractivity contribution in [1.29, 1.82) is 0 Å². The summed E-state index contributed by atoms with van der Waals surface area (Å²) in [6.45, 7) is 0.871. The molecule has 0 bridgehead atoms. The molecule has 3 nitrogen and oxygen atoms in total. The number of amides is 1. The maximum absolute atomic E-state index is 13.0. The molecule has 0 saturated heterocycles. The van der Waals surface area contributed by atoms with E-state index in [-0.39, 0.29) is 22.9 Å². The van der Waals surface area contributed by atoms with Crippen LogP contribution in [0, 0.1) is 5.82 Å². The molecule has 2 rings (SSSR count). The largest absolute Gasteiger partial charge is 0.418 e. The quantitative estimate of drug-likeness (QED) is 0.535. The van der Waals surface area contributed by atoms with Crippen LogP contribution in [0.25, 0.3) is 0 Å². The van der Waals surface area contributed by atoms with Gasteiger partial charge in [-0.1, -0.05) is 23.7 Å². The van der Waals surface area contributed by atoms with Gasteiger partial charge in [0.25, 0.3) is 0 Å². The van der Waals surface area contributed by atoms with Gasteiger partial charge in [0.1, 0.15) is 5.82 Å². The van der Waals surface area contributed by atoms with Gasteiger partial charge in [-0.05, 0) is 48.9 Å². The number of halogens is 5. The molecular formula is C18H17ClF4N2O. The van der Waals surface area contributed by atoms with Crippen molar-refractivity contribution < 1.29 is 22.4 Å². The first kappa shape index (κ1) is 20.2. The molecule has 140 valence electrons. The maximum atomic E-state index is 13.0. The lowest BCUT2D eigenvalue weighted by Crippen LogP contribution is -2.24. The Morgan fingerprint density at radius 1 is 1.04 bits per heavy atom. The highest BCUT2D eigenvalue weighted by molar-refractivity contribution is 6.30. The van der Waals surface area contributed by atoms with E-state index in [4.69, 9.17) is 11.6 Å². The summed E-state index contributed by atoms with van der Waals surface area (Å²) in [5.41, 5.74) is -0.361. The number of hydrogen-bond donors (Lipinski definition) is 2. The number of carbonyl (C=O) groups is 1. The highest BCUT2D eigenvalue weighted by Gasteiger charge is 2.34. The van der Waals surface area contributed by atoms with E-state index in [1.54, 1.807) is 12.1 Å². The average Bonchev–Trinajstić information content (AvgIpc) is 2.57. The van der Waals surface area contributed by atoms with E-state index >= 15 is 0 Å². The zero-order chi connectivity index (χ0) is 19.2. The van der Waals surface area contributed by atoms with E-state index in [1.165, 1.54) is 18.2 Å². The Labute approximate surface area is 153 Å². The standard InChI is InChI=1S/C18H17ClF4N2O/c19-13-3-6-16(15(11-13)18(21,22)23)25-17(26)8-10-24-9-7-12-1-4-14(20)5-2-12/h1-6,11,24H,7-10H2,(H,25,26). The summed E-state index contributed by atoms with van der Waals surface area (Å²) >= 11 is 5.59. The van der Waals surface area contributed by atoms with Crippen LogP contribution in [-0.2, 0) is 17.4 Å². The van der Waals surface area contributed by atoms with Gasteiger partial charge in [-0.3, -0.25) is 4.79 Å². The highest BCUT2D eigenvalue weighted by atomic mass is 35.5. The van der Waals surface area contributed by atoms with Crippen LogP contribution in [0.5, 0.6) is 0 Å². The molecule has 2 aromatic rings. The monoisotopic (exact) mass is 388 g/mol. The number of hydrogen-bond acceptors (Lipinski definition) is 2. The first-order valence-corrected chi connectivity index (χ1v) is 8.25. The van der Waals surface area contributed by atoms with Gasteiger partial charge in [0.05, 0.1) is 11.3 Å². The van der Waals surface area contributed by atoms with Crippen LogP contribution in [0.15, 0.2) is 42.5 Å². The summed E-state index contributed by atoms with van der Waals surface area (Å²) < 4.78 is 51.7. The Balaban J connectivity index is 1.78. The van der Waals surface area contributed by atoms with Crippen LogP contribution >= 0.6 is 11.6 Å². The Bertz CT molecular complexity index is 748. The minimum Gasteiger partial charge on any atom is -0.325 e. The minimum atomic E-state index is -4.61. The molecule has 2 aromatic carbocycles. The molecule has 0 aliphatic carbocycles. The van der Waals surface area contributed by atoms with Crippen LogP contribution in [0.1, 0.15) is 17.5 Å². The maximum Gasteiger partial charge on any atom is 0.418 e. The van der Waals surface area contributed by atoms with Crippen LogP contribution in [0.2, 0.25) is 5.02 Å². The smallest absolute Gasteiger partial charge is 0.325 e. The SMILES string of the molecule is O=C(CCNCCc1ccc(F)cc1)Nc1ccc(Cl)cc1C(F)(F)F. The van der Waals surface area contributed by atoms with Crippen molar-refractivity contribution in [3.05, 3.63) is 64.4 Å². The second-order valence-corrected chi connectivity index (χ2v) is 6.05. The zero-order valence-electron chi connectivity index (χ0n) is 13.7. The normalized spacial score (nSPS) is 11.4. The molecule has 0 radical (unpaired) electrons. The van der Waals surface area contributed by atoms with E-state index in [0.717, 1.165) is 17.7 Å². The molecule has 0 unspecified atom stereocenters. The molecule has 2 N–H and O–H groups in total. The first-order valence-electron chi connectivity index (χ1n) is 7.87. The molecule has 0 aromatic heterocycles. The summed E-state index contributed by atoms with van der Waals surface area (Å²) in [6, 6.07) is 9.27. The summed E-state index contributed by atoms with van der Waals surface area (Å²) in [5.74, 6) is -0.842. The number of alkyl halides is 3. The van der Waals surface area contributed by atoms with Crippen molar-refractivity contribution in [1.82, 2.24) is 5.32 Å². The summed E-state index contributed by atoms with van der Waals surface area (Å²) in [4.78, 5) is 11.9. The van der Waals surface area contributed by atoms with Crippen LogP contribution in [0.4, 0.5) is 23.2 Å². The van der Waals surface area contributed by atoms with Gasteiger partial charge < -0.3 is 10.6 Å². The summed E-state index contributed by atoms with van der Waals surface area (Å²) in [7, 11) is 0. The second-order valence-electron chi connectivity index (χ2n) is 5.61. The summed E-state index contributed by atoms with van der Waals surface area (Å²) in [5, 5.41) is 5.22. The Kier molecular flexibility index (Phi) is 6.99. The number of rotatable bonds is 7. The molecule has 0 heterocycles. The van der Waals surface area contributed by atoms with Gasteiger partial charge in [0, 0.05) is 18.0 Å². The van der Waals surface area contributed by atoms with Crippen LogP contribution in [0.3, 0.4) is 0 Å². The Morgan fingerprint density at radius 3 is 2.38 bits per heavy atom. The molecule has 0 fully saturated rings. The van der Waals surface area contributed by atoms with Crippen molar-refractivity contribution in [2.24, 2.45) is 0 Å². The highest BCUT2D eigenvalue weighted by Crippen LogP contribution is 2.36. The third-order valence-electron chi connectivity index (χ3n) is 3.59. The molecule has 0 aliphatic rings. The van der Waals surface area contributed by atoms with Crippen molar-refractivity contribution in [3.63, 3.8) is 0 Å². The fraction of sp³-hybridized carbons (Fsp3) is 0.278. The molecule has 8 heteroatoms. The number of carbonyl (C=O) groups excluding carboxylic acids is 1. The zero-order valence-corrected chi connectivity index (χ0v) is 14.4. The summed E-state index contributed by atoms with van der Waals surface area (Å²) in [6.07, 6.45) is -3.94. The van der Waals surface area contributed by atoms with Crippen LogP contribution in [-0.4, -0.2) is 19.0 Å². The predicted molar refractivity (Wildman–Crippen MR) is 92.7 cm³/mol. The number of anilines is 1. The lowest BCUT2D eigenvalue weighted by molar-refractivity contribution is -0.137. The van der Waals surface area contributed by atoms with E-state index in [2.05, 4.69) is 10.6 Å². The van der Waals surface area contributed by atoms with Crippen molar-refractivity contribution in [2.45, 2.75) is 19.0 Å². The second kappa shape index (κ2) is 9.00. The van der Waals surface area contributed by atoms with E-state index < -0.39 is 17.6 Å². The van der Waals surface area contributed by atoms with Gasteiger partial charge in [-0.15, -0.1) is 0 Å². The molecule has 26 heavy (non-hydrogen) atoms. The van der Waals surface area contributed by atoms with Crippen molar-refractivity contribution in [2.75, 3.05) is 18.4 Å². The predicted octanol–water partition coefficient (Wildman–Crippen LogP) is 4.66. The number of benzene rings is 2. The fourth-order valence-corrected chi connectivity index (χ4v) is 2.46. The minimum absolute atomic E-state index is 0.0172. The lowest BCUT2D eigenvalue weighted by atomic mass is 10.1. The molecule has 1 amide bonds. The van der Waals surface area contributed by atoms with Crippen molar-refractivity contribution >= 4 is 23.2 Å². The molecule has 0 spiro atoms. The lowest BCUT2D eigenvalue weighted by Gasteiger charge is -2.14. The van der Waals surface area contributed by atoms with Crippen molar-refractivity contribution in [3.8, 4) is 0 Å². The third-order valence-corrected chi connectivity index (χ3v) is 3.83. The average molecular weight is 389 g/mol. The fourth-order valence-electron chi connectivity index (χ4n) is 2.28. The number of nitrogens with one attached hydrogen (secondary N) is 2. The molecule has 0 atom stereocenters. The van der Waals surface area contributed by atoms with E-state index in [1.807, 2.05) is 0 Å². The topological polar surface area (TPSA) is 41.1 Å². The van der Waals surface area contributed by atoms with Gasteiger partial charge >= 0.3 is 6.18 Å². The molecule has 0 saturated carbocycles. The third kappa shape index (κ3) is 6.31. The Morgan fingerprint density at radius 2 is 1.73 bits per heavy atom.